The van der Waals surface area contributed by atoms with Crippen molar-refractivity contribution in [3.05, 3.63) is 24.0 Å². The molecule has 1 amide bonds. The normalized spacial score (nSPS) is 17.2. The van der Waals surface area contributed by atoms with Crippen LogP contribution in [0.3, 0.4) is 0 Å². The van der Waals surface area contributed by atoms with Gasteiger partial charge in [0.05, 0.1) is 0 Å². The van der Waals surface area contributed by atoms with E-state index < -0.39 is 19.8 Å². The first kappa shape index (κ1) is 16.2. The van der Waals surface area contributed by atoms with E-state index in [0.29, 0.717) is 0 Å². The molecule has 0 aromatic heterocycles. The lowest BCUT2D eigenvalue weighted by Crippen LogP contribution is -2.22. The maximum atomic E-state index is 13.7. The van der Waals surface area contributed by atoms with E-state index in [9.17, 15) is 17.6 Å². The van der Waals surface area contributed by atoms with Gasteiger partial charge in [-0.05, 0) is 31.0 Å². The number of halogens is 2. The van der Waals surface area contributed by atoms with Crippen molar-refractivity contribution in [2.45, 2.75) is 43.4 Å². The maximum absolute atomic E-state index is 13.7. The lowest BCUT2D eigenvalue weighted by molar-refractivity contribution is -0.120. The quantitative estimate of drug-likeness (QED) is 0.678. The van der Waals surface area contributed by atoms with Gasteiger partial charge in [0.2, 0.25) is 5.91 Å². The molecule has 1 aliphatic rings. The Labute approximate surface area is 128 Å². The minimum Gasteiger partial charge on any atom is -0.326 e. The van der Waals surface area contributed by atoms with Crippen molar-refractivity contribution in [1.29, 1.82) is 0 Å². The second kappa shape index (κ2) is 6.75. The van der Waals surface area contributed by atoms with E-state index in [1.54, 1.807) is 0 Å². The molecule has 1 aliphatic carbocycles. The van der Waals surface area contributed by atoms with Gasteiger partial charge in [-0.1, -0.05) is 25.7 Å². The highest BCUT2D eigenvalue weighted by Gasteiger charge is 2.21. The van der Waals surface area contributed by atoms with Crippen LogP contribution in [-0.4, -0.2) is 14.3 Å². The number of anilines is 1. The van der Waals surface area contributed by atoms with E-state index >= 15 is 0 Å². The molecule has 0 saturated heterocycles. The molecule has 1 aromatic carbocycles. The molecule has 116 valence electrons. The van der Waals surface area contributed by atoms with E-state index in [1.165, 1.54) is 6.07 Å². The Hall–Kier alpha value is -1.14. The minimum absolute atomic E-state index is 0.0630. The molecule has 1 aromatic rings. The van der Waals surface area contributed by atoms with Gasteiger partial charge in [-0.2, -0.15) is 0 Å². The first-order valence-corrected chi connectivity index (χ1v) is 9.24. The fourth-order valence-corrected chi connectivity index (χ4v) is 3.46. The lowest BCUT2D eigenvalue weighted by Gasteiger charge is -2.14. The standard InChI is InChI=1S/C14H17ClFNO3S/c15-21(19,20)13-8-7-11(9-12(13)16)17-14(18)10-5-3-1-2-4-6-10/h7-10H,1-6H2,(H,17,18). The van der Waals surface area contributed by atoms with E-state index in [1.807, 2.05) is 0 Å². The molecular weight excluding hydrogens is 317 g/mol. The van der Waals surface area contributed by atoms with Gasteiger partial charge in [-0.3, -0.25) is 4.79 Å². The zero-order chi connectivity index (χ0) is 15.5. The second-order valence-electron chi connectivity index (χ2n) is 5.26. The number of rotatable bonds is 3. The first-order valence-electron chi connectivity index (χ1n) is 6.93. The largest absolute Gasteiger partial charge is 0.326 e. The van der Waals surface area contributed by atoms with Crippen molar-refractivity contribution in [1.82, 2.24) is 0 Å². The van der Waals surface area contributed by atoms with Gasteiger partial charge in [0, 0.05) is 22.3 Å². The number of hydrogen-bond acceptors (Lipinski definition) is 3. The molecule has 7 heteroatoms. The Morgan fingerprint density at radius 2 is 1.81 bits per heavy atom. The average molecular weight is 334 g/mol. The molecular formula is C14H17ClFNO3S. The third kappa shape index (κ3) is 4.41. The van der Waals surface area contributed by atoms with Crippen LogP contribution >= 0.6 is 10.7 Å². The smallest absolute Gasteiger partial charge is 0.264 e. The Morgan fingerprint density at radius 3 is 2.33 bits per heavy atom. The van der Waals surface area contributed by atoms with Gasteiger partial charge in [0.25, 0.3) is 9.05 Å². The molecule has 1 N–H and O–H groups in total. The summed E-state index contributed by atoms with van der Waals surface area (Å²) in [6.45, 7) is 0. The van der Waals surface area contributed by atoms with Crippen molar-refractivity contribution in [3.8, 4) is 0 Å². The maximum Gasteiger partial charge on any atom is 0.264 e. The van der Waals surface area contributed by atoms with E-state index in [0.717, 1.165) is 50.7 Å². The van der Waals surface area contributed by atoms with Crippen LogP contribution in [0.2, 0.25) is 0 Å². The molecule has 2 rings (SSSR count). The molecule has 0 heterocycles. The first-order chi connectivity index (χ1) is 9.88. The highest BCUT2D eigenvalue weighted by atomic mass is 35.7. The van der Waals surface area contributed by atoms with Crippen molar-refractivity contribution >= 4 is 31.3 Å². The van der Waals surface area contributed by atoms with Crippen LogP contribution in [0.25, 0.3) is 0 Å². The fourth-order valence-electron chi connectivity index (χ4n) is 2.56. The summed E-state index contributed by atoms with van der Waals surface area (Å²) in [6.07, 6.45) is 6.00. The predicted octanol–water partition coefficient (Wildman–Crippen LogP) is 3.66. The highest BCUT2D eigenvalue weighted by molar-refractivity contribution is 8.13. The zero-order valence-electron chi connectivity index (χ0n) is 11.4. The lowest BCUT2D eigenvalue weighted by atomic mass is 9.99. The van der Waals surface area contributed by atoms with E-state index in [2.05, 4.69) is 5.32 Å². The predicted molar refractivity (Wildman–Crippen MR) is 79.3 cm³/mol. The van der Waals surface area contributed by atoms with Crippen LogP contribution in [0.15, 0.2) is 23.1 Å². The Bertz CT molecular complexity index is 625. The number of nitrogens with one attached hydrogen (secondary N) is 1. The van der Waals surface area contributed by atoms with Gasteiger partial charge < -0.3 is 5.32 Å². The molecule has 4 nitrogen and oxygen atoms in total. The van der Waals surface area contributed by atoms with Gasteiger partial charge in [0.15, 0.2) is 0 Å². The van der Waals surface area contributed by atoms with Crippen LogP contribution in [0.5, 0.6) is 0 Å². The van der Waals surface area contributed by atoms with Crippen molar-refractivity contribution in [3.63, 3.8) is 0 Å². The molecule has 0 unspecified atom stereocenters. The number of amides is 1. The van der Waals surface area contributed by atoms with Crippen molar-refractivity contribution < 1.29 is 17.6 Å². The summed E-state index contributed by atoms with van der Waals surface area (Å²) in [6, 6.07) is 3.37. The van der Waals surface area contributed by atoms with Crippen LogP contribution in [-0.2, 0) is 13.8 Å². The van der Waals surface area contributed by atoms with Crippen LogP contribution in [0, 0.1) is 11.7 Å². The summed E-state index contributed by atoms with van der Waals surface area (Å²) in [7, 11) is 0.987. The Morgan fingerprint density at radius 1 is 1.19 bits per heavy atom. The molecule has 21 heavy (non-hydrogen) atoms. The highest BCUT2D eigenvalue weighted by Crippen LogP contribution is 2.26. The number of carbonyl (C=O) groups excluding carboxylic acids is 1. The summed E-state index contributed by atoms with van der Waals surface area (Å²) >= 11 is 0. The summed E-state index contributed by atoms with van der Waals surface area (Å²) in [5, 5.41) is 2.64. The number of carbonyl (C=O) groups is 1. The number of benzene rings is 1. The number of hydrogen-bond donors (Lipinski definition) is 1. The van der Waals surface area contributed by atoms with Gasteiger partial charge in [-0.15, -0.1) is 0 Å². The molecule has 1 fully saturated rings. The molecule has 0 atom stereocenters. The van der Waals surface area contributed by atoms with E-state index in [-0.39, 0.29) is 17.5 Å². The van der Waals surface area contributed by atoms with Crippen LogP contribution in [0.4, 0.5) is 10.1 Å². The SMILES string of the molecule is O=C(Nc1ccc(S(=O)(=O)Cl)c(F)c1)C1CCCCCC1. The van der Waals surface area contributed by atoms with E-state index in [4.69, 9.17) is 10.7 Å². The summed E-state index contributed by atoms with van der Waals surface area (Å²) in [5.74, 6) is -1.17. The molecule has 0 aliphatic heterocycles. The summed E-state index contributed by atoms with van der Waals surface area (Å²) in [4.78, 5) is 11.5. The zero-order valence-corrected chi connectivity index (χ0v) is 13.0. The molecule has 0 bridgehead atoms. The van der Waals surface area contributed by atoms with Crippen LogP contribution < -0.4 is 5.32 Å². The molecule has 0 spiro atoms. The monoisotopic (exact) mass is 333 g/mol. The Kier molecular flexibility index (Phi) is 5.22. The fraction of sp³-hybridized carbons (Fsp3) is 0.500. The molecule has 0 radical (unpaired) electrons. The Balaban J connectivity index is 2.09. The van der Waals surface area contributed by atoms with Crippen LogP contribution in [0.1, 0.15) is 38.5 Å². The minimum atomic E-state index is -4.12. The van der Waals surface area contributed by atoms with Gasteiger partial charge >= 0.3 is 0 Å². The average Bonchev–Trinajstić information content (AvgIpc) is 2.66. The van der Waals surface area contributed by atoms with Gasteiger partial charge in [0.1, 0.15) is 10.7 Å². The third-order valence-electron chi connectivity index (χ3n) is 3.69. The summed E-state index contributed by atoms with van der Waals surface area (Å²) < 4.78 is 35.9. The topological polar surface area (TPSA) is 63.2 Å². The molecule has 1 saturated carbocycles. The van der Waals surface area contributed by atoms with Gasteiger partial charge in [-0.25, -0.2) is 12.8 Å². The third-order valence-corrected chi connectivity index (χ3v) is 5.04. The second-order valence-corrected chi connectivity index (χ2v) is 7.80. The van der Waals surface area contributed by atoms with Crippen molar-refractivity contribution in [2.75, 3.05) is 5.32 Å². The van der Waals surface area contributed by atoms with Crippen molar-refractivity contribution in [2.24, 2.45) is 5.92 Å². The summed E-state index contributed by atoms with van der Waals surface area (Å²) in [5.41, 5.74) is 0.241.